The van der Waals surface area contributed by atoms with E-state index in [0.717, 1.165) is 11.4 Å². The lowest BCUT2D eigenvalue weighted by molar-refractivity contribution is 0.102. The molecule has 92 valence electrons. The second-order valence-corrected chi connectivity index (χ2v) is 5.16. The monoisotopic (exact) mass is 272 g/mol. The number of rotatable bonds is 6. The number of hydrogen-bond acceptors (Lipinski definition) is 7. The molecule has 0 unspecified atom stereocenters. The van der Waals surface area contributed by atoms with Gasteiger partial charge in [0.2, 0.25) is 0 Å². The van der Waals surface area contributed by atoms with Gasteiger partial charge in [0.25, 0.3) is 0 Å². The van der Waals surface area contributed by atoms with Gasteiger partial charge in [-0.05, 0) is 0 Å². The van der Waals surface area contributed by atoms with Crippen molar-refractivity contribution in [3.05, 3.63) is 32.2 Å². The zero-order valence-electron chi connectivity index (χ0n) is 9.00. The van der Waals surface area contributed by atoms with Crippen molar-refractivity contribution in [1.82, 2.24) is 9.97 Å². The summed E-state index contributed by atoms with van der Waals surface area (Å²) >= 11 is 2.83. The Morgan fingerprint density at radius 2 is 1.41 bits per heavy atom. The highest BCUT2D eigenvalue weighted by atomic mass is 32.1. The normalized spacial score (nSPS) is 10.9. The zero-order valence-corrected chi connectivity index (χ0v) is 10.6. The Morgan fingerprint density at radius 1 is 0.941 bits per heavy atom. The molecular formula is C10H12N2O3S2. The molecule has 0 saturated carbocycles. The number of nitrogens with zero attached hydrogens (tertiary/aromatic N) is 2. The third kappa shape index (κ3) is 3.55. The van der Waals surface area contributed by atoms with Crippen molar-refractivity contribution < 1.29 is 14.9 Å². The summed E-state index contributed by atoms with van der Waals surface area (Å²) in [6.45, 7) is 0.748. The summed E-state index contributed by atoms with van der Waals surface area (Å²) in [7, 11) is 0. The fourth-order valence-corrected chi connectivity index (χ4v) is 2.51. The highest BCUT2D eigenvalue weighted by Gasteiger charge is 2.03. The molecule has 0 aliphatic heterocycles. The minimum atomic E-state index is -0.0311. The van der Waals surface area contributed by atoms with Gasteiger partial charge in [-0.2, -0.15) is 0 Å². The fourth-order valence-electron chi connectivity index (χ4n) is 1.24. The first-order chi connectivity index (χ1) is 8.31. The number of aliphatic hydroxyl groups excluding tert-OH is 2. The van der Waals surface area contributed by atoms with Crippen molar-refractivity contribution in [2.45, 2.75) is 26.4 Å². The van der Waals surface area contributed by atoms with Crippen LogP contribution in [0.25, 0.3) is 0 Å². The Balaban J connectivity index is 1.79. The number of hydrogen-bond donors (Lipinski definition) is 2. The van der Waals surface area contributed by atoms with E-state index in [1.165, 1.54) is 22.7 Å². The van der Waals surface area contributed by atoms with Crippen LogP contribution in [-0.2, 0) is 31.2 Å². The largest absolute Gasteiger partial charge is 0.389 e. The molecule has 17 heavy (non-hydrogen) atoms. The van der Waals surface area contributed by atoms with Crippen LogP contribution in [0, 0.1) is 0 Å². The quantitative estimate of drug-likeness (QED) is 0.829. The summed E-state index contributed by atoms with van der Waals surface area (Å²) in [5.74, 6) is 0. The molecule has 0 radical (unpaired) electrons. The van der Waals surface area contributed by atoms with Gasteiger partial charge in [-0.3, -0.25) is 0 Å². The maximum Gasteiger partial charge on any atom is 0.118 e. The Bertz CT molecular complexity index is 427. The molecule has 2 aromatic heterocycles. The third-order valence-electron chi connectivity index (χ3n) is 1.97. The molecule has 5 nitrogen and oxygen atoms in total. The molecule has 2 rings (SSSR count). The van der Waals surface area contributed by atoms with Crippen LogP contribution >= 0.6 is 22.7 Å². The molecule has 0 bridgehead atoms. The van der Waals surface area contributed by atoms with Gasteiger partial charge in [0, 0.05) is 10.8 Å². The van der Waals surface area contributed by atoms with Gasteiger partial charge in [0.1, 0.15) is 10.0 Å². The standard InChI is InChI=1S/C10H12N2O3S2/c13-1-9-11-7(5-16-9)3-15-4-8-6-17-10(2-14)12-8/h5-6,13-14H,1-4H2. The molecule has 2 aromatic rings. The number of aromatic nitrogens is 2. The summed E-state index contributed by atoms with van der Waals surface area (Å²) in [4.78, 5) is 8.33. The lowest BCUT2D eigenvalue weighted by atomic mass is 10.5. The molecule has 2 heterocycles. The van der Waals surface area contributed by atoms with Crippen LogP contribution in [0.15, 0.2) is 10.8 Å². The van der Waals surface area contributed by atoms with E-state index >= 15 is 0 Å². The topological polar surface area (TPSA) is 75.5 Å². The second kappa shape index (κ2) is 6.18. The first-order valence-corrected chi connectivity index (χ1v) is 6.73. The summed E-state index contributed by atoms with van der Waals surface area (Å²) in [6.07, 6.45) is 0. The van der Waals surface area contributed by atoms with E-state index in [0.29, 0.717) is 23.2 Å². The predicted molar refractivity (Wildman–Crippen MR) is 64.6 cm³/mol. The molecule has 0 aliphatic carbocycles. The van der Waals surface area contributed by atoms with Gasteiger partial charge in [0.05, 0.1) is 37.8 Å². The molecular weight excluding hydrogens is 260 g/mol. The van der Waals surface area contributed by atoms with Gasteiger partial charge in [0.15, 0.2) is 0 Å². The Labute approximate surface area is 106 Å². The molecule has 0 amide bonds. The van der Waals surface area contributed by atoms with E-state index < -0.39 is 0 Å². The highest BCUT2D eigenvalue weighted by Crippen LogP contribution is 2.13. The van der Waals surface area contributed by atoms with Crippen LogP contribution in [0.1, 0.15) is 21.4 Å². The smallest absolute Gasteiger partial charge is 0.118 e. The lowest BCUT2D eigenvalue weighted by Crippen LogP contribution is -1.95. The Morgan fingerprint density at radius 3 is 1.76 bits per heavy atom. The van der Waals surface area contributed by atoms with Crippen LogP contribution in [0.4, 0.5) is 0 Å². The molecule has 0 saturated heterocycles. The van der Waals surface area contributed by atoms with Crippen LogP contribution in [0.3, 0.4) is 0 Å². The van der Waals surface area contributed by atoms with Gasteiger partial charge in [-0.15, -0.1) is 22.7 Å². The van der Waals surface area contributed by atoms with Gasteiger partial charge in [-0.1, -0.05) is 0 Å². The minimum absolute atomic E-state index is 0.0311. The summed E-state index contributed by atoms with van der Waals surface area (Å²) < 4.78 is 5.45. The van der Waals surface area contributed by atoms with Crippen molar-refractivity contribution in [2.75, 3.05) is 0 Å². The highest BCUT2D eigenvalue weighted by molar-refractivity contribution is 7.09. The maximum atomic E-state index is 8.86. The molecule has 2 N–H and O–H groups in total. The second-order valence-electron chi connectivity index (χ2n) is 3.27. The van der Waals surface area contributed by atoms with Crippen LogP contribution < -0.4 is 0 Å². The first kappa shape index (κ1) is 12.6. The molecule has 0 aliphatic rings. The van der Waals surface area contributed by atoms with E-state index in [1.54, 1.807) is 0 Å². The van der Waals surface area contributed by atoms with E-state index in [2.05, 4.69) is 9.97 Å². The van der Waals surface area contributed by atoms with Crippen molar-refractivity contribution in [3.8, 4) is 0 Å². The summed E-state index contributed by atoms with van der Waals surface area (Å²) in [5.41, 5.74) is 1.63. The van der Waals surface area contributed by atoms with Crippen LogP contribution in [-0.4, -0.2) is 20.2 Å². The molecule has 0 atom stereocenters. The van der Waals surface area contributed by atoms with E-state index in [4.69, 9.17) is 14.9 Å². The third-order valence-corrected chi connectivity index (χ3v) is 3.73. The average Bonchev–Trinajstić information content (AvgIpc) is 2.97. The number of aliphatic hydroxyl groups is 2. The molecule has 0 aromatic carbocycles. The minimum Gasteiger partial charge on any atom is -0.389 e. The van der Waals surface area contributed by atoms with Gasteiger partial charge >= 0.3 is 0 Å². The molecule has 0 spiro atoms. The average molecular weight is 272 g/mol. The molecule has 7 heteroatoms. The van der Waals surface area contributed by atoms with Crippen LogP contribution in [0.2, 0.25) is 0 Å². The van der Waals surface area contributed by atoms with Gasteiger partial charge < -0.3 is 14.9 Å². The van der Waals surface area contributed by atoms with Gasteiger partial charge in [-0.25, -0.2) is 9.97 Å². The number of ether oxygens (including phenoxy) is 1. The van der Waals surface area contributed by atoms with E-state index in [-0.39, 0.29) is 13.2 Å². The molecule has 0 fully saturated rings. The van der Waals surface area contributed by atoms with E-state index in [9.17, 15) is 0 Å². The SMILES string of the molecule is OCc1nc(COCc2csc(CO)n2)cs1. The Kier molecular flexibility index (Phi) is 4.57. The lowest BCUT2D eigenvalue weighted by Gasteiger charge is -1.98. The first-order valence-electron chi connectivity index (χ1n) is 4.98. The van der Waals surface area contributed by atoms with Crippen molar-refractivity contribution in [2.24, 2.45) is 0 Å². The van der Waals surface area contributed by atoms with Crippen molar-refractivity contribution in [1.29, 1.82) is 0 Å². The summed E-state index contributed by atoms with van der Waals surface area (Å²) in [5, 5.41) is 22.8. The summed E-state index contributed by atoms with van der Waals surface area (Å²) in [6, 6.07) is 0. The zero-order chi connectivity index (χ0) is 12.1. The van der Waals surface area contributed by atoms with Crippen LogP contribution in [0.5, 0.6) is 0 Å². The Hall–Kier alpha value is -0.860. The van der Waals surface area contributed by atoms with E-state index in [1.807, 2.05) is 10.8 Å². The maximum absolute atomic E-state index is 8.86. The number of thiazole rings is 2. The van der Waals surface area contributed by atoms with Crippen molar-refractivity contribution in [3.63, 3.8) is 0 Å². The fraction of sp³-hybridized carbons (Fsp3) is 0.400. The predicted octanol–water partition coefficient (Wildman–Crippen LogP) is 1.30. The van der Waals surface area contributed by atoms with Crippen molar-refractivity contribution >= 4 is 22.7 Å².